The van der Waals surface area contributed by atoms with Crippen LogP contribution in [0.5, 0.6) is 0 Å². The van der Waals surface area contributed by atoms with Gasteiger partial charge in [0.2, 0.25) is 0 Å². The molecule has 2 aromatic rings. The second-order valence-corrected chi connectivity index (χ2v) is 4.44. The van der Waals surface area contributed by atoms with Gasteiger partial charge in [-0.1, -0.05) is 13.8 Å². The SMILES string of the molecule is CCC(C(=O)OC)n1cnnn1.CCC(C(=O)OC)n1ncnn1. The highest BCUT2D eigenvalue weighted by molar-refractivity contribution is 5.74. The van der Waals surface area contributed by atoms with Gasteiger partial charge in [-0.05, 0) is 28.5 Å². The lowest BCUT2D eigenvalue weighted by atomic mass is 10.2. The molecule has 132 valence electrons. The first kappa shape index (κ1) is 19.1. The van der Waals surface area contributed by atoms with Crippen LogP contribution in [0.15, 0.2) is 12.7 Å². The van der Waals surface area contributed by atoms with Crippen molar-refractivity contribution in [1.29, 1.82) is 0 Å². The smallest absolute Gasteiger partial charge is 0.332 e. The van der Waals surface area contributed by atoms with E-state index in [4.69, 9.17) is 0 Å². The Morgan fingerprint density at radius 3 is 2.04 bits per heavy atom. The molecule has 0 N–H and O–H groups in total. The van der Waals surface area contributed by atoms with E-state index in [1.165, 1.54) is 36.4 Å². The second-order valence-electron chi connectivity index (χ2n) is 4.44. The summed E-state index contributed by atoms with van der Waals surface area (Å²) in [4.78, 5) is 23.4. The number of hydrogen-bond donors (Lipinski definition) is 0. The topological polar surface area (TPSA) is 140 Å². The Balaban J connectivity index is 0.000000240. The molecule has 0 aliphatic rings. The molecule has 2 unspecified atom stereocenters. The maximum Gasteiger partial charge on any atom is 0.332 e. The summed E-state index contributed by atoms with van der Waals surface area (Å²) in [5, 5.41) is 21.3. The third-order valence-corrected chi connectivity index (χ3v) is 3.05. The van der Waals surface area contributed by atoms with Gasteiger partial charge in [-0.25, -0.2) is 14.3 Å². The standard InChI is InChI=1S/2C6H10N4O2/c1-3-5(6(11)12-2)10-4-7-8-9-10;1-3-5(6(11)12-2)10-8-4-7-9-10/h2*4-5H,3H2,1-2H3. The first-order valence-electron chi connectivity index (χ1n) is 7.19. The minimum atomic E-state index is -0.461. The quantitative estimate of drug-likeness (QED) is 0.637. The second kappa shape index (κ2) is 9.97. The Morgan fingerprint density at radius 1 is 1.00 bits per heavy atom. The largest absolute Gasteiger partial charge is 0.467 e. The fourth-order valence-corrected chi connectivity index (χ4v) is 1.79. The number of methoxy groups -OCH3 is 2. The van der Waals surface area contributed by atoms with Crippen molar-refractivity contribution < 1.29 is 19.1 Å². The van der Waals surface area contributed by atoms with E-state index in [1.807, 2.05) is 13.8 Å². The molecular weight excluding hydrogens is 320 g/mol. The molecule has 24 heavy (non-hydrogen) atoms. The average Bonchev–Trinajstić information content (AvgIpc) is 3.30. The number of hydrogen-bond acceptors (Lipinski definition) is 10. The molecule has 2 heterocycles. The molecule has 2 rings (SSSR count). The average molecular weight is 340 g/mol. The van der Waals surface area contributed by atoms with Crippen LogP contribution in [-0.2, 0) is 19.1 Å². The summed E-state index contributed by atoms with van der Waals surface area (Å²) in [6.45, 7) is 3.72. The van der Waals surface area contributed by atoms with Gasteiger partial charge in [0, 0.05) is 0 Å². The third kappa shape index (κ3) is 5.07. The first-order chi connectivity index (χ1) is 11.6. The van der Waals surface area contributed by atoms with Gasteiger partial charge >= 0.3 is 11.9 Å². The highest BCUT2D eigenvalue weighted by Gasteiger charge is 2.20. The fourth-order valence-electron chi connectivity index (χ4n) is 1.79. The van der Waals surface area contributed by atoms with Crippen molar-refractivity contribution >= 4 is 11.9 Å². The predicted octanol–water partition coefficient (Wildman–Crippen LogP) is -0.406. The lowest BCUT2D eigenvalue weighted by Gasteiger charge is -2.10. The Labute approximate surface area is 138 Å². The van der Waals surface area contributed by atoms with Crippen LogP contribution in [0.1, 0.15) is 38.8 Å². The highest BCUT2D eigenvalue weighted by atomic mass is 16.5. The van der Waals surface area contributed by atoms with Gasteiger partial charge in [0.05, 0.1) is 14.2 Å². The van der Waals surface area contributed by atoms with Crippen molar-refractivity contribution in [3.63, 3.8) is 0 Å². The number of rotatable bonds is 6. The lowest BCUT2D eigenvalue weighted by Crippen LogP contribution is -2.22. The van der Waals surface area contributed by atoms with Gasteiger partial charge in [-0.2, -0.15) is 0 Å². The normalized spacial score (nSPS) is 12.5. The fraction of sp³-hybridized carbons (Fsp3) is 0.667. The Hall–Kier alpha value is -2.92. The monoisotopic (exact) mass is 340 g/mol. The molecule has 0 saturated heterocycles. The molecule has 12 heteroatoms. The molecule has 0 aliphatic carbocycles. The van der Waals surface area contributed by atoms with Gasteiger partial charge < -0.3 is 9.47 Å². The van der Waals surface area contributed by atoms with Gasteiger partial charge in [0.15, 0.2) is 18.4 Å². The van der Waals surface area contributed by atoms with Crippen LogP contribution >= 0.6 is 0 Å². The summed E-state index contributed by atoms with van der Waals surface area (Å²) < 4.78 is 10.5. The van der Waals surface area contributed by atoms with E-state index in [9.17, 15) is 9.59 Å². The summed E-state index contributed by atoms with van der Waals surface area (Å²) in [7, 11) is 2.68. The van der Waals surface area contributed by atoms with Gasteiger partial charge in [-0.15, -0.1) is 20.1 Å². The number of nitrogens with zero attached hydrogens (tertiary/aromatic N) is 8. The zero-order valence-electron chi connectivity index (χ0n) is 13.9. The maximum absolute atomic E-state index is 11.1. The molecule has 0 spiro atoms. The Bertz CT molecular complexity index is 546. The third-order valence-electron chi connectivity index (χ3n) is 3.05. The first-order valence-corrected chi connectivity index (χ1v) is 7.19. The van der Waals surface area contributed by atoms with Gasteiger partial charge in [0.1, 0.15) is 6.33 Å². The number of esters is 2. The van der Waals surface area contributed by atoms with Gasteiger partial charge in [0.25, 0.3) is 0 Å². The molecule has 0 aliphatic heterocycles. The summed E-state index contributed by atoms with van der Waals surface area (Å²) in [5.41, 5.74) is 0. The summed E-state index contributed by atoms with van der Waals surface area (Å²) in [5.74, 6) is -0.680. The number of aromatic nitrogens is 8. The van der Waals surface area contributed by atoms with E-state index in [1.54, 1.807) is 0 Å². The Morgan fingerprint density at radius 2 is 1.62 bits per heavy atom. The van der Waals surface area contributed by atoms with Crippen LogP contribution in [-0.4, -0.2) is 66.6 Å². The summed E-state index contributed by atoms with van der Waals surface area (Å²) in [6, 6.07) is -0.873. The lowest BCUT2D eigenvalue weighted by molar-refractivity contribution is -0.146. The van der Waals surface area contributed by atoms with Crippen molar-refractivity contribution in [3.05, 3.63) is 12.7 Å². The maximum atomic E-state index is 11.1. The van der Waals surface area contributed by atoms with Crippen molar-refractivity contribution in [1.82, 2.24) is 40.4 Å². The minimum absolute atomic E-state index is 0.329. The molecule has 0 aromatic carbocycles. The van der Waals surface area contributed by atoms with Crippen LogP contribution in [0.4, 0.5) is 0 Å². The zero-order valence-corrected chi connectivity index (χ0v) is 13.9. The van der Waals surface area contributed by atoms with Crippen LogP contribution in [0, 0.1) is 0 Å². The molecule has 0 bridgehead atoms. The van der Waals surface area contributed by atoms with Crippen LogP contribution in [0.25, 0.3) is 0 Å². The van der Waals surface area contributed by atoms with E-state index in [-0.39, 0.29) is 11.9 Å². The van der Waals surface area contributed by atoms with Gasteiger partial charge in [-0.3, -0.25) is 0 Å². The van der Waals surface area contributed by atoms with Crippen molar-refractivity contribution in [2.75, 3.05) is 14.2 Å². The number of ether oxygens (including phenoxy) is 2. The predicted molar refractivity (Wildman–Crippen MR) is 78.3 cm³/mol. The minimum Gasteiger partial charge on any atom is -0.467 e. The number of tetrazole rings is 2. The zero-order chi connectivity index (χ0) is 17.9. The van der Waals surface area contributed by atoms with Crippen molar-refractivity contribution in [3.8, 4) is 0 Å². The van der Waals surface area contributed by atoms with Crippen molar-refractivity contribution in [2.45, 2.75) is 38.8 Å². The van der Waals surface area contributed by atoms with Crippen LogP contribution < -0.4 is 0 Å². The van der Waals surface area contributed by atoms with Crippen molar-refractivity contribution in [2.24, 2.45) is 0 Å². The molecule has 0 fully saturated rings. The van der Waals surface area contributed by atoms with E-state index in [0.29, 0.717) is 12.8 Å². The molecule has 0 saturated carbocycles. The number of carbonyl (C=O) groups excluding carboxylic acids is 2. The summed E-state index contributed by atoms with van der Waals surface area (Å²) >= 11 is 0. The molecule has 12 nitrogen and oxygen atoms in total. The molecule has 0 radical (unpaired) electrons. The molecule has 2 aromatic heterocycles. The molecular formula is C12H20N8O4. The van der Waals surface area contributed by atoms with Crippen LogP contribution in [0.2, 0.25) is 0 Å². The van der Waals surface area contributed by atoms with E-state index >= 15 is 0 Å². The molecule has 0 amide bonds. The van der Waals surface area contributed by atoms with Crippen LogP contribution in [0.3, 0.4) is 0 Å². The van der Waals surface area contributed by atoms with E-state index < -0.39 is 12.1 Å². The highest BCUT2D eigenvalue weighted by Crippen LogP contribution is 2.09. The number of carbonyl (C=O) groups is 2. The summed E-state index contributed by atoms with van der Waals surface area (Å²) in [6.07, 6.45) is 3.87. The molecule has 2 atom stereocenters. The Kier molecular flexibility index (Phi) is 7.94. The van der Waals surface area contributed by atoms with E-state index in [2.05, 4.69) is 40.4 Å². The van der Waals surface area contributed by atoms with E-state index in [0.717, 1.165) is 0 Å².